The third-order valence-electron chi connectivity index (χ3n) is 3.48. The van der Waals surface area contributed by atoms with Gasteiger partial charge in [0.1, 0.15) is 6.04 Å². The zero-order chi connectivity index (χ0) is 13.8. The lowest BCUT2D eigenvalue weighted by atomic mass is 10.1. The van der Waals surface area contributed by atoms with Gasteiger partial charge in [-0.15, -0.1) is 0 Å². The lowest BCUT2D eigenvalue weighted by Crippen LogP contribution is -2.50. The predicted octanol–water partition coefficient (Wildman–Crippen LogP) is 0.0327. The van der Waals surface area contributed by atoms with E-state index in [-0.39, 0.29) is 5.91 Å². The van der Waals surface area contributed by atoms with Crippen LogP contribution in [-0.4, -0.2) is 35.3 Å². The quantitative estimate of drug-likeness (QED) is 0.801. The molecule has 1 saturated heterocycles. The zero-order valence-electron chi connectivity index (χ0n) is 10.8. The second kappa shape index (κ2) is 5.84. The van der Waals surface area contributed by atoms with Crippen LogP contribution in [0.25, 0.3) is 0 Å². The molecule has 1 fully saturated rings. The number of carbonyl (C=O) groups is 2. The Labute approximate surface area is 112 Å². The first-order chi connectivity index (χ1) is 9.09. The maximum absolute atomic E-state index is 12.3. The van der Waals surface area contributed by atoms with Crippen LogP contribution in [0.5, 0.6) is 0 Å². The smallest absolute Gasteiger partial charge is 0.240 e. The molecule has 2 rings (SSSR count). The van der Waals surface area contributed by atoms with E-state index in [9.17, 15) is 9.59 Å². The third-order valence-corrected chi connectivity index (χ3v) is 3.48. The van der Waals surface area contributed by atoms with E-state index in [1.54, 1.807) is 0 Å². The highest BCUT2D eigenvalue weighted by atomic mass is 16.2. The topological polar surface area (TPSA) is 89.4 Å². The normalized spacial score (nSPS) is 20.3. The molecule has 5 heteroatoms. The van der Waals surface area contributed by atoms with Gasteiger partial charge in [0.05, 0.1) is 6.04 Å². The summed E-state index contributed by atoms with van der Waals surface area (Å²) in [5.74, 6) is -0.636. The monoisotopic (exact) mass is 261 g/mol. The Hall–Kier alpha value is -1.88. The Morgan fingerprint density at radius 3 is 2.63 bits per heavy atom. The van der Waals surface area contributed by atoms with Crippen molar-refractivity contribution in [3.63, 3.8) is 0 Å². The van der Waals surface area contributed by atoms with Gasteiger partial charge in [0, 0.05) is 6.54 Å². The highest BCUT2D eigenvalue weighted by Crippen LogP contribution is 2.18. The van der Waals surface area contributed by atoms with E-state index in [2.05, 4.69) is 0 Å². The van der Waals surface area contributed by atoms with Crippen LogP contribution in [0.15, 0.2) is 30.3 Å². The average Bonchev–Trinajstić information content (AvgIpc) is 2.88. The van der Waals surface area contributed by atoms with Crippen molar-refractivity contribution in [2.75, 3.05) is 6.54 Å². The van der Waals surface area contributed by atoms with Crippen molar-refractivity contribution in [2.45, 2.75) is 31.3 Å². The predicted molar refractivity (Wildman–Crippen MR) is 72.1 cm³/mol. The molecule has 0 bridgehead atoms. The molecular weight excluding hydrogens is 242 g/mol. The number of primary amides is 1. The van der Waals surface area contributed by atoms with Gasteiger partial charge >= 0.3 is 0 Å². The van der Waals surface area contributed by atoms with Crippen molar-refractivity contribution in [2.24, 2.45) is 11.5 Å². The lowest BCUT2D eigenvalue weighted by Gasteiger charge is -2.25. The number of amides is 2. The molecule has 102 valence electrons. The Kier molecular flexibility index (Phi) is 4.16. The molecule has 1 aromatic rings. The van der Waals surface area contributed by atoms with E-state index in [1.807, 2.05) is 30.3 Å². The summed E-state index contributed by atoms with van der Waals surface area (Å²) in [7, 11) is 0. The van der Waals surface area contributed by atoms with Crippen molar-refractivity contribution in [1.82, 2.24) is 4.90 Å². The largest absolute Gasteiger partial charge is 0.368 e. The van der Waals surface area contributed by atoms with Crippen LogP contribution in [-0.2, 0) is 16.0 Å². The average molecular weight is 261 g/mol. The highest BCUT2D eigenvalue weighted by Gasteiger charge is 2.34. The van der Waals surface area contributed by atoms with Crippen molar-refractivity contribution in [1.29, 1.82) is 0 Å². The van der Waals surface area contributed by atoms with Gasteiger partial charge in [0.15, 0.2) is 0 Å². The Balaban J connectivity index is 2.01. The molecule has 1 aromatic carbocycles. The number of hydrogen-bond acceptors (Lipinski definition) is 3. The van der Waals surface area contributed by atoms with E-state index < -0.39 is 18.0 Å². The maximum Gasteiger partial charge on any atom is 0.240 e. The van der Waals surface area contributed by atoms with Crippen LogP contribution >= 0.6 is 0 Å². The number of likely N-dealkylation sites (tertiary alicyclic amines) is 1. The fourth-order valence-electron chi connectivity index (χ4n) is 2.49. The molecule has 0 radical (unpaired) electrons. The first kappa shape index (κ1) is 13.5. The van der Waals surface area contributed by atoms with Gasteiger partial charge in [0.2, 0.25) is 11.8 Å². The molecule has 0 spiro atoms. The second-order valence-electron chi connectivity index (χ2n) is 4.89. The first-order valence-corrected chi connectivity index (χ1v) is 6.49. The molecule has 1 heterocycles. The molecule has 5 nitrogen and oxygen atoms in total. The van der Waals surface area contributed by atoms with Gasteiger partial charge in [0.25, 0.3) is 0 Å². The molecule has 4 N–H and O–H groups in total. The lowest BCUT2D eigenvalue weighted by molar-refractivity contribution is -0.138. The molecule has 2 amide bonds. The SMILES string of the molecule is NC(=O)C1CCCN1C(=O)[C@@H](N)Cc1ccccc1. The van der Waals surface area contributed by atoms with Crippen LogP contribution in [0.1, 0.15) is 18.4 Å². The number of rotatable bonds is 4. The van der Waals surface area contributed by atoms with Crippen molar-refractivity contribution < 1.29 is 9.59 Å². The van der Waals surface area contributed by atoms with Gasteiger partial charge in [-0.1, -0.05) is 30.3 Å². The van der Waals surface area contributed by atoms with Crippen LogP contribution in [0.4, 0.5) is 0 Å². The molecule has 0 saturated carbocycles. The number of benzene rings is 1. The molecule has 0 aromatic heterocycles. The van der Waals surface area contributed by atoms with Crippen molar-refractivity contribution in [3.8, 4) is 0 Å². The van der Waals surface area contributed by atoms with Crippen LogP contribution in [0, 0.1) is 0 Å². The van der Waals surface area contributed by atoms with E-state index in [0.29, 0.717) is 19.4 Å². The van der Waals surface area contributed by atoms with Crippen molar-refractivity contribution >= 4 is 11.8 Å². The molecule has 1 aliphatic heterocycles. The summed E-state index contributed by atoms with van der Waals surface area (Å²) >= 11 is 0. The fourth-order valence-corrected chi connectivity index (χ4v) is 2.49. The third kappa shape index (κ3) is 3.12. The Morgan fingerprint density at radius 1 is 1.32 bits per heavy atom. The molecule has 1 aliphatic rings. The van der Waals surface area contributed by atoms with Gasteiger partial charge in [-0.2, -0.15) is 0 Å². The minimum Gasteiger partial charge on any atom is -0.368 e. The van der Waals surface area contributed by atoms with Crippen LogP contribution in [0.3, 0.4) is 0 Å². The van der Waals surface area contributed by atoms with Gasteiger partial charge < -0.3 is 16.4 Å². The molecular formula is C14H19N3O2. The molecule has 1 unspecified atom stereocenters. The van der Waals surface area contributed by atoms with Crippen molar-refractivity contribution in [3.05, 3.63) is 35.9 Å². The minimum atomic E-state index is -0.623. The molecule has 0 aliphatic carbocycles. The molecule has 2 atom stereocenters. The summed E-state index contributed by atoms with van der Waals surface area (Å²) in [6.07, 6.45) is 1.91. The molecule has 19 heavy (non-hydrogen) atoms. The van der Waals surface area contributed by atoms with Gasteiger partial charge in [-0.05, 0) is 24.8 Å². The minimum absolute atomic E-state index is 0.190. The highest BCUT2D eigenvalue weighted by molar-refractivity contribution is 5.89. The maximum atomic E-state index is 12.3. The summed E-state index contributed by atoms with van der Waals surface area (Å²) < 4.78 is 0. The zero-order valence-corrected chi connectivity index (χ0v) is 10.8. The van der Waals surface area contributed by atoms with E-state index in [1.165, 1.54) is 4.90 Å². The second-order valence-corrected chi connectivity index (χ2v) is 4.89. The first-order valence-electron chi connectivity index (χ1n) is 6.49. The number of nitrogens with two attached hydrogens (primary N) is 2. The van der Waals surface area contributed by atoms with E-state index in [4.69, 9.17) is 11.5 Å². The van der Waals surface area contributed by atoms with Crippen LogP contribution in [0.2, 0.25) is 0 Å². The standard InChI is InChI=1S/C14H19N3O2/c15-11(9-10-5-2-1-3-6-10)14(19)17-8-4-7-12(17)13(16)18/h1-3,5-6,11-12H,4,7-9,15H2,(H2,16,18)/t11-,12?/m0/s1. The fraction of sp³-hybridized carbons (Fsp3) is 0.429. The summed E-state index contributed by atoms with van der Waals surface area (Å²) in [6.45, 7) is 0.564. The Morgan fingerprint density at radius 2 is 2.00 bits per heavy atom. The number of nitrogens with zero attached hydrogens (tertiary/aromatic N) is 1. The van der Waals surface area contributed by atoms with Crippen LogP contribution < -0.4 is 11.5 Å². The number of carbonyl (C=O) groups excluding carboxylic acids is 2. The van der Waals surface area contributed by atoms with E-state index in [0.717, 1.165) is 12.0 Å². The summed E-state index contributed by atoms with van der Waals surface area (Å²) in [5, 5.41) is 0. The Bertz CT molecular complexity index is 461. The van der Waals surface area contributed by atoms with Gasteiger partial charge in [-0.25, -0.2) is 0 Å². The summed E-state index contributed by atoms with van der Waals surface area (Å²) in [6, 6.07) is 8.49. The number of hydrogen-bond donors (Lipinski definition) is 2. The summed E-state index contributed by atoms with van der Waals surface area (Å²) in [4.78, 5) is 25.1. The summed E-state index contributed by atoms with van der Waals surface area (Å²) in [5.41, 5.74) is 12.3. The van der Waals surface area contributed by atoms with E-state index >= 15 is 0 Å². The van der Waals surface area contributed by atoms with Gasteiger partial charge in [-0.3, -0.25) is 9.59 Å².